The molecule has 5 rings (SSSR count). The summed E-state index contributed by atoms with van der Waals surface area (Å²) in [6.07, 6.45) is 9.00. The number of nitrogens with two attached hydrogens (primary N) is 1. The van der Waals surface area contributed by atoms with Crippen molar-refractivity contribution >= 4 is 23.2 Å². The van der Waals surface area contributed by atoms with E-state index in [4.69, 9.17) is 10.7 Å². The highest BCUT2D eigenvalue weighted by Gasteiger charge is 2.27. The van der Waals surface area contributed by atoms with Crippen molar-refractivity contribution in [3.05, 3.63) is 72.3 Å². The monoisotopic (exact) mass is 552 g/mol. The van der Waals surface area contributed by atoms with Gasteiger partial charge in [0.2, 0.25) is 5.82 Å². The molecule has 0 saturated heterocycles. The molecular weight excluding hydrogens is 520 g/mol. The van der Waals surface area contributed by atoms with Crippen LogP contribution in [0.1, 0.15) is 66.7 Å². The molecule has 12 nitrogen and oxygen atoms in total. The maximum atomic E-state index is 13.2. The fourth-order valence-corrected chi connectivity index (χ4v) is 5.10. The van der Waals surface area contributed by atoms with Crippen molar-refractivity contribution < 1.29 is 9.59 Å². The topological polar surface area (TPSA) is 161 Å². The van der Waals surface area contributed by atoms with Crippen LogP contribution in [0.4, 0.5) is 5.82 Å². The zero-order valence-electron chi connectivity index (χ0n) is 23.3. The lowest BCUT2D eigenvalue weighted by atomic mass is 10.00. The molecule has 1 atom stereocenters. The Balaban J connectivity index is 1.47. The van der Waals surface area contributed by atoms with Gasteiger partial charge < -0.3 is 10.6 Å². The van der Waals surface area contributed by atoms with Crippen LogP contribution in [-0.4, -0.2) is 68.9 Å². The smallest absolute Gasteiger partial charge is 0.291 e. The number of rotatable bonds is 11. The Kier molecular flexibility index (Phi) is 8.09. The van der Waals surface area contributed by atoms with Crippen LogP contribution in [0.2, 0.25) is 0 Å². The molecule has 1 amide bonds. The number of ketones is 1. The number of carbonyl (C=O) groups is 2. The normalized spacial score (nSPS) is 12.0. The van der Waals surface area contributed by atoms with Gasteiger partial charge in [0, 0.05) is 36.1 Å². The van der Waals surface area contributed by atoms with Crippen LogP contribution in [0.3, 0.4) is 0 Å². The number of hydrogen-bond donors (Lipinski definition) is 2. The molecule has 5 aromatic rings. The summed E-state index contributed by atoms with van der Waals surface area (Å²) in [4.78, 5) is 45.3. The first-order valence-corrected chi connectivity index (χ1v) is 13.6. The van der Waals surface area contributed by atoms with Crippen LogP contribution >= 0.6 is 0 Å². The van der Waals surface area contributed by atoms with Gasteiger partial charge in [-0.1, -0.05) is 38.1 Å². The standard InChI is InChI=1S/C29H32N10O2/c1-4-15-38(29(41)27-33-17-34-37-27)21(5-2)11-12-23-24(18(3)40)25(30)39-28(36-23)22(16-35-39)19-7-9-20(10-8-19)26-31-13-6-14-32-26/h6-10,13-14,16-17,21H,4-5,11-12,15,30H2,1-3H3,(H,33,34,37)/t21-/m1/s1. The highest BCUT2D eigenvalue weighted by Crippen LogP contribution is 2.30. The van der Waals surface area contributed by atoms with E-state index in [1.54, 1.807) is 24.7 Å². The molecule has 41 heavy (non-hydrogen) atoms. The average molecular weight is 553 g/mol. The van der Waals surface area contributed by atoms with Gasteiger partial charge >= 0.3 is 0 Å². The molecule has 0 aliphatic rings. The molecule has 0 bridgehead atoms. The highest BCUT2D eigenvalue weighted by atomic mass is 16.2. The number of nitrogens with one attached hydrogen (secondary N) is 1. The van der Waals surface area contributed by atoms with E-state index in [1.807, 2.05) is 43.0 Å². The molecule has 4 aromatic heterocycles. The van der Waals surface area contributed by atoms with E-state index in [2.05, 4.69) is 30.2 Å². The minimum atomic E-state index is -0.201. The highest BCUT2D eigenvalue weighted by molar-refractivity contribution is 6.00. The van der Waals surface area contributed by atoms with Crippen LogP contribution in [-0.2, 0) is 6.42 Å². The number of carbonyl (C=O) groups excluding carboxylic acids is 2. The van der Waals surface area contributed by atoms with E-state index in [9.17, 15) is 9.59 Å². The fourth-order valence-electron chi connectivity index (χ4n) is 5.10. The zero-order chi connectivity index (χ0) is 28.9. The number of aromatic nitrogens is 8. The quantitative estimate of drug-likeness (QED) is 0.231. The number of hydrogen-bond acceptors (Lipinski definition) is 9. The summed E-state index contributed by atoms with van der Waals surface area (Å²) in [5, 5.41) is 11.0. The zero-order valence-corrected chi connectivity index (χ0v) is 23.3. The van der Waals surface area contributed by atoms with E-state index in [0.29, 0.717) is 42.1 Å². The van der Waals surface area contributed by atoms with Gasteiger partial charge in [0.25, 0.3) is 5.91 Å². The first-order chi connectivity index (χ1) is 19.9. The molecule has 4 heterocycles. The van der Waals surface area contributed by atoms with Gasteiger partial charge in [-0.25, -0.2) is 19.9 Å². The van der Waals surface area contributed by atoms with Gasteiger partial charge in [0.15, 0.2) is 17.3 Å². The van der Waals surface area contributed by atoms with Gasteiger partial charge in [-0.15, -0.1) is 0 Å². The van der Waals surface area contributed by atoms with Gasteiger partial charge in [0.1, 0.15) is 12.1 Å². The lowest BCUT2D eigenvalue weighted by Gasteiger charge is -2.30. The number of nitrogen functional groups attached to an aromatic ring is 1. The predicted molar refractivity (Wildman–Crippen MR) is 154 cm³/mol. The summed E-state index contributed by atoms with van der Waals surface area (Å²) in [5.74, 6) is 0.702. The second-order valence-corrected chi connectivity index (χ2v) is 9.75. The van der Waals surface area contributed by atoms with Crippen molar-refractivity contribution in [1.82, 2.24) is 44.6 Å². The van der Waals surface area contributed by atoms with E-state index in [-0.39, 0.29) is 29.4 Å². The van der Waals surface area contributed by atoms with Gasteiger partial charge in [-0.2, -0.15) is 14.7 Å². The average Bonchev–Trinajstić information content (AvgIpc) is 3.68. The molecule has 0 spiro atoms. The summed E-state index contributed by atoms with van der Waals surface area (Å²) >= 11 is 0. The number of benzene rings is 1. The summed E-state index contributed by atoms with van der Waals surface area (Å²) in [6.45, 7) is 6.11. The van der Waals surface area contributed by atoms with E-state index in [0.717, 1.165) is 29.5 Å². The largest absolute Gasteiger partial charge is 0.383 e. The van der Waals surface area contributed by atoms with E-state index in [1.165, 1.54) is 17.8 Å². The van der Waals surface area contributed by atoms with Crippen molar-refractivity contribution in [3.8, 4) is 22.5 Å². The summed E-state index contributed by atoms with van der Waals surface area (Å²) < 4.78 is 1.51. The Hall–Kier alpha value is -5.00. The Morgan fingerprint density at radius 2 is 1.80 bits per heavy atom. The molecule has 0 aliphatic heterocycles. The van der Waals surface area contributed by atoms with E-state index >= 15 is 0 Å². The Labute approximate surface area is 237 Å². The van der Waals surface area contributed by atoms with Crippen molar-refractivity contribution in [2.45, 2.75) is 52.5 Å². The maximum absolute atomic E-state index is 13.2. The predicted octanol–water partition coefficient (Wildman–Crippen LogP) is 4.02. The molecule has 0 aliphatic carbocycles. The van der Waals surface area contributed by atoms with Gasteiger partial charge in [-0.05, 0) is 44.2 Å². The lowest BCUT2D eigenvalue weighted by molar-refractivity contribution is 0.0650. The summed E-state index contributed by atoms with van der Waals surface area (Å²) in [7, 11) is 0. The first-order valence-electron chi connectivity index (χ1n) is 13.6. The third-order valence-corrected chi connectivity index (χ3v) is 7.10. The van der Waals surface area contributed by atoms with Crippen LogP contribution < -0.4 is 5.73 Å². The Morgan fingerprint density at radius 3 is 2.44 bits per heavy atom. The number of H-pyrrole nitrogens is 1. The number of Topliss-reactive ketones (excluding diaryl/α,β-unsaturated/α-hetero) is 1. The van der Waals surface area contributed by atoms with Crippen LogP contribution in [0.5, 0.6) is 0 Å². The van der Waals surface area contributed by atoms with Gasteiger partial charge in [0.05, 0.1) is 17.5 Å². The van der Waals surface area contributed by atoms with Crippen LogP contribution in [0, 0.1) is 0 Å². The van der Waals surface area contributed by atoms with Crippen molar-refractivity contribution in [3.63, 3.8) is 0 Å². The minimum Gasteiger partial charge on any atom is -0.383 e. The van der Waals surface area contributed by atoms with Crippen LogP contribution in [0.15, 0.2) is 55.2 Å². The number of aromatic amines is 1. The number of amides is 1. The number of aryl methyl sites for hydroxylation is 1. The van der Waals surface area contributed by atoms with Crippen LogP contribution in [0.25, 0.3) is 28.2 Å². The number of fused-ring (bicyclic) bond motifs is 1. The molecular formula is C29H32N10O2. The van der Waals surface area contributed by atoms with E-state index < -0.39 is 0 Å². The number of nitrogens with zero attached hydrogens (tertiary/aromatic N) is 8. The molecule has 1 aromatic carbocycles. The lowest BCUT2D eigenvalue weighted by Crippen LogP contribution is -2.41. The third kappa shape index (κ3) is 5.53. The first kappa shape index (κ1) is 27.6. The summed E-state index contributed by atoms with van der Waals surface area (Å²) in [6, 6.07) is 9.50. The minimum absolute atomic E-state index is 0.0938. The molecule has 0 radical (unpaired) electrons. The second-order valence-electron chi connectivity index (χ2n) is 9.75. The third-order valence-electron chi connectivity index (χ3n) is 7.10. The fraction of sp³-hybridized carbons (Fsp3) is 0.310. The molecule has 12 heteroatoms. The molecule has 0 saturated carbocycles. The van der Waals surface area contributed by atoms with Gasteiger partial charge in [-0.3, -0.25) is 14.7 Å². The maximum Gasteiger partial charge on any atom is 0.291 e. The molecule has 210 valence electrons. The number of anilines is 1. The van der Waals surface area contributed by atoms with Crippen molar-refractivity contribution in [1.29, 1.82) is 0 Å². The molecule has 0 unspecified atom stereocenters. The van der Waals surface area contributed by atoms with Crippen molar-refractivity contribution in [2.24, 2.45) is 0 Å². The Morgan fingerprint density at radius 1 is 1.07 bits per heavy atom. The molecule has 0 fully saturated rings. The Bertz CT molecular complexity index is 1650. The summed E-state index contributed by atoms with van der Waals surface area (Å²) in [5.41, 5.74) is 10.6. The molecule has 3 N–H and O–H groups in total. The van der Waals surface area contributed by atoms with Crippen molar-refractivity contribution in [2.75, 3.05) is 12.3 Å². The second kappa shape index (κ2) is 12.0. The SMILES string of the molecule is CCCN(C(=O)c1ncn[nH]1)[C@H](CC)CCc1nc2c(-c3ccc(-c4ncccn4)cc3)cnn2c(N)c1C(C)=O.